The zero-order valence-corrected chi connectivity index (χ0v) is 8.54. The fourth-order valence-electron chi connectivity index (χ4n) is 0.900. The highest BCUT2D eigenvalue weighted by atomic mass is 35.5. The second kappa shape index (κ2) is 3.51. The Kier molecular flexibility index (Phi) is 2.35. The Morgan fingerprint density at radius 1 is 1.29 bits per heavy atom. The molecule has 2 rings (SSSR count). The molecule has 72 valence electrons. The maximum Gasteiger partial charge on any atom is 0.223 e. The Morgan fingerprint density at radius 3 is 2.64 bits per heavy atom. The van der Waals surface area contributed by atoms with E-state index in [0.29, 0.717) is 17.3 Å². The minimum Gasteiger partial charge on any atom is -0.339 e. The summed E-state index contributed by atoms with van der Waals surface area (Å²) in [5, 5.41) is 3.97. The van der Waals surface area contributed by atoms with E-state index in [2.05, 4.69) is 20.1 Å². The molecule has 14 heavy (non-hydrogen) atoms. The van der Waals surface area contributed by atoms with Crippen LogP contribution in [0.2, 0.25) is 10.4 Å². The van der Waals surface area contributed by atoms with Crippen LogP contribution in [0, 0.1) is 6.92 Å². The zero-order valence-electron chi connectivity index (χ0n) is 7.03. The Balaban J connectivity index is 2.52. The van der Waals surface area contributed by atoms with Crippen molar-refractivity contribution < 1.29 is 4.52 Å². The molecule has 0 atom stereocenters. The summed E-state index contributed by atoms with van der Waals surface area (Å²) in [5.74, 6) is 0.801. The molecule has 0 N–H and O–H groups in total. The number of aromatic nitrogens is 4. The van der Waals surface area contributed by atoms with Gasteiger partial charge in [-0.25, -0.2) is 9.97 Å². The monoisotopic (exact) mass is 230 g/mol. The van der Waals surface area contributed by atoms with Crippen LogP contribution in [0.15, 0.2) is 10.7 Å². The summed E-state index contributed by atoms with van der Waals surface area (Å²) in [5.41, 5.74) is 0.493. The van der Waals surface area contributed by atoms with Gasteiger partial charge in [0, 0.05) is 13.1 Å². The van der Waals surface area contributed by atoms with Gasteiger partial charge in [-0.05, 0) is 11.6 Å². The minimum absolute atomic E-state index is 0.0824. The molecule has 0 amide bonds. The zero-order chi connectivity index (χ0) is 10.1. The van der Waals surface area contributed by atoms with Crippen molar-refractivity contribution in [1.29, 1.82) is 0 Å². The summed E-state index contributed by atoms with van der Waals surface area (Å²) in [6.07, 6.45) is 1.45. The number of hydrogen-bond acceptors (Lipinski definition) is 5. The van der Waals surface area contributed by atoms with Gasteiger partial charge < -0.3 is 4.52 Å². The molecule has 2 aromatic rings. The lowest BCUT2D eigenvalue weighted by Gasteiger charge is -1.96. The van der Waals surface area contributed by atoms with Gasteiger partial charge in [-0.2, -0.15) is 4.98 Å². The van der Waals surface area contributed by atoms with E-state index in [1.54, 1.807) is 6.92 Å². The highest BCUT2D eigenvalue weighted by molar-refractivity contribution is 6.33. The van der Waals surface area contributed by atoms with Gasteiger partial charge in [-0.1, -0.05) is 16.8 Å². The van der Waals surface area contributed by atoms with E-state index in [-0.39, 0.29) is 10.4 Å². The van der Waals surface area contributed by atoms with Gasteiger partial charge in [0.25, 0.3) is 0 Å². The molecule has 0 aliphatic rings. The van der Waals surface area contributed by atoms with Gasteiger partial charge in [0.2, 0.25) is 17.0 Å². The van der Waals surface area contributed by atoms with E-state index in [9.17, 15) is 0 Å². The Hall–Kier alpha value is -1.20. The van der Waals surface area contributed by atoms with Gasteiger partial charge in [0.15, 0.2) is 0 Å². The van der Waals surface area contributed by atoms with Crippen LogP contribution in [0.3, 0.4) is 0 Å². The van der Waals surface area contributed by atoms with Crippen LogP contribution in [0.1, 0.15) is 5.89 Å². The van der Waals surface area contributed by atoms with E-state index >= 15 is 0 Å². The lowest BCUT2D eigenvalue weighted by atomic mass is 10.3. The molecule has 0 radical (unpaired) electrons. The van der Waals surface area contributed by atoms with Crippen LogP contribution < -0.4 is 0 Å². The lowest BCUT2D eigenvalue weighted by Crippen LogP contribution is -1.89. The van der Waals surface area contributed by atoms with Crippen LogP contribution in [0.4, 0.5) is 0 Å². The summed E-state index contributed by atoms with van der Waals surface area (Å²) < 4.78 is 4.80. The molecule has 2 heterocycles. The molecule has 7 heteroatoms. The van der Waals surface area contributed by atoms with Gasteiger partial charge >= 0.3 is 0 Å². The minimum atomic E-state index is 0.0824. The predicted octanol–water partition coefficient (Wildman–Crippen LogP) is 2.14. The lowest BCUT2D eigenvalue weighted by molar-refractivity contribution is 0.394. The first kappa shape index (κ1) is 9.36. The van der Waals surface area contributed by atoms with E-state index in [1.807, 2.05) is 0 Å². The average molecular weight is 231 g/mol. The third-order valence-corrected chi connectivity index (χ3v) is 1.95. The topological polar surface area (TPSA) is 64.7 Å². The van der Waals surface area contributed by atoms with Crippen molar-refractivity contribution in [2.75, 3.05) is 0 Å². The van der Waals surface area contributed by atoms with E-state index in [4.69, 9.17) is 27.7 Å². The summed E-state index contributed by atoms with van der Waals surface area (Å²) in [6, 6.07) is 0. The fraction of sp³-hybridized carbons (Fsp3) is 0.143. The molecule has 5 nitrogen and oxygen atoms in total. The van der Waals surface area contributed by atoms with Crippen molar-refractivity contribution in [3.8, 4) is 11.4 Å². The molecule has 0 spiro atoms. The van der Waals surface area contributed by atoms with E-state index < -0.39 is 0 Å². The maximum absolute atomic E-state index is 5.82. The molecular weight excluding hydrogens is 227 g/mol. The molecule has 0 saturated heterocycles. The van der Waals surface area contributed by atoms with Gasteiger partial charge in [0.1, 0.15) is 5.15 Å². The number of aryl methyl sites for hydroxylation is 1. The quantitative estimate of drug-likeness (QED) is 0.555. The first-order valence-corrected chi connectivity index (χ1v) is 4.41. The molecule has 0 aromatic carbocycles. The Morgan fingerprint density at radius 2 is 2.07 bits per heavy atom. The summed E-state index contributed by atoms with van der Waals surface area (Å²) in [7, 11) is 0. The van der Waals surface area contributed by atoms with Crippen molar-refractivity contribution in [2.45, 2.75) is 6.92 Å². The number of halogens is 2. The first-order chi connectivity index (χ1) is 6.66. The van der Waals surface area contributed by atoms with Gasteiger partial charge in [0.05, 0.1) is 5.56 Å². The Labute approximate surface area is 89.1 Å². The fourth-order valence-corrected chi connectivity index (χ4v) is 1.29. The summed E-state index contributed by atoms with van der Waals surface area (Å²) in [4.78, 5) is 11.5. The van der Waals surface area contributed by atoms with Crippen molar-refractivity contribution >= 4 is 23.2 Å². The van der Waals surface area contributed by atoms with Crippen LogP contribution in [-0.4, -0.2) is 20.1 Å². The van der Waals surface area contributed by atoms with Crippen LogP contribution in [0.5, 0.6) is 0 Å². The molecule has 0 unspecified atom stereocenters. The Bertz CT molecular complexity index is 470. The number of rotatable bonds is 1. The number of hydrogen-bond donors (Lipinski definition) is 0. The average Bonchev–Trinajstić information content (AvgIpc) is 2.51. The molecular formula is C7H4Cl2N4O. The molecule has 0 fully saturated rings. The predicted molar refractivity (Wildman–Crippen MR) is 50.1 cm³/mol. The summed E-state index contributed by atoms with van der Waals surface area (Å²) >= 11 is 11.4. The van der Waals surface area contributed by atoms with Crippen molar-refractivity contribution in [3.05, 3.63) is 22.5 Å². The van der Waals surface area contributed by atoms with Crippen LogP contribution in [0.25, 0.3) is 11.4 Å². The third-order valence-electron chi connectivity index (χ3n) is 1.48. The van der Waals surface area contributed by atoms with Gasteiger partial charge in [-0.3, -0.25) is 0 Å². The standard InChI is InChI=1S/C7H4Cl2N4O/c1-3-11-6(13-14-3)4-2-10-7(9)12-5(4)8/h2H,1H3. The van der Waals surface area contributed by atoms with Crippen LogP contribution >= 0.6 is 23.2 Å². The maximum atomic E-state index is 5.82. The third kappa shape index (κ3) is 1.69. The number of nitrogens with zero attached hydrogens (tertiary/aromatic N) is 4. The normalized spacial score (nSPS) is 10.5. The van der Waals surface area contributed by atoms with Gasteiger partial charge in [-0.15, -0.1) is 0 Å². The smallest absolute Gasteiger partial charge is 0.223 e. The van der Waals surface area contributed by atoms with Crippen LogP contribution in [-0.2, 0) is 0 Å². The van der Waals surface area contributed by atoms with Crippen molar-refractivity contribution in [3.63, 3.8) is 0 Å². The van der Waals surface area contributed by atoms with Crippen molar-refractivity contribution in [1.82, 2.24) is 20.1 Å². The molecule has 0 bridgehead atoms. The second-order valence-electron chi connectivity index (χ2n) is 2.48. The largest absolute Gasteiger partial charge is 0.339 e. The second-order valence-corrected chi connectivity index (χ2v) is 3.18. The summed E-state index contributed by atoms with van der Waals surface area (Å²) in [6.45, 7) is 1.68. The molecule has 0 aliphatic heterocycles. The SMILES string of the molecule is Cc1nc(-c2cnc(Cl)nc2Cl)no1. The molecule has 2 aromatic heterocycles. The van der Waals surface area contributed by atoms with E-state index in [1.165, 1.54) is 6.20 Å². The molecule has 0 aliphatic carbocycles. The van der Waals surface area contributed by atoms with E-state index in [0.717, 1.165) is 0 Å². The first-order valence-electron chi connectivity index (χ1n) is 3.65. The highest BCUT2D eigenvalue weighted by Crippen LogP contribution is 2.23. The highest BCUT2D eigenvalue weighted by Gasteiger charge is 2.11. The van der Waals surface area contributed by atoms with Crippen molar-refractivity contribution in [2.24, 2.45) is 0 Å². The molecule has 0 saturated carbocycles.